The van der Waals surface area contributed by atoms with E-state index in [2.05, 4.69) is 0 Å². The molecule has 1 aliphatic rings. The zero-order valence-corrected chi connectivity index (χ0v) is 6.69. The van der Waals surface area contributed by atoms with E-state index >= 15 is 0 Å². The molecule has 1 saturated heterocycles. The van der Waals surface area contributed by atoms with E-state index in [9.17, 15) is 5.11 Å². The van der Waals surface area contributed by atoms with Crippen LogP contribution in [-0.4, -0.2) is 58.2 Å². The maximum atomic E-state index is 9.28. The Morgan fingerprint density at radius 3 is 2.45 bits per heavy atom. The fourth-order valence-electron chi connectivity index (χ4n) is 1.40. The van der Waals surface area contributed by atoms with Crippen molar-refractivity contribution >= 4 is 0 Å². The largest absolute Gasteiger partial charge is 0.394 e. The van der Waals surface area contributed by atoms with Crippen molar-refractivity contribution < 1.29 is 15.3 Å². The minimum Gasteiger partial charge on any atom is -0.394 e. The molecule has 1 aliphatic heterocycles. The molecular formula is C7H15NO3. The Balaban J connectivity index is 2.13. The SMILES string of the molecule is CC1(O)CN(CC(O)CO)C1. The maximum absolute atomic E-state index is 9.28. The van der Waals surface area contributed by atoms with Crippen molar-refractivity contribution in [3.8, 4) is 0 Å². The first-order chi connectivity index (χ1) is 5.03. The van der Waals surface area contributed by atoms with Gasteiger partial charge in [0.1, 0.15) is 0 Å². The summed E-state index contributed by atoms with van der Waals surface area (Å²) in [5.41, 5.74) is -0.588. The van der Waals surface area contributed by atoms with Gasteiger partial charge >= 0.3 is 0 Å². The lowest BCUT2D eigenvalue weighted by Crippen LogP contribution is -2.61. The Kier molecular flexibility index (Phi) is 2.49. The molecule has 1 unspecified atom stereocenters. The fraction of sp³-hybridized carbons (Fsp3) is 1.00. The van der Waals surface area contributed by atoms with Crippen molar-refractivity contribution in [2.45, 2.75) is 18.6 Å². The van der Waals surface area contributed by atoms with Crippen molar-refractivity contribution in [3.05, 3.63) is 0 Å². The summed E-state index contributed by atoms with van der Waals surface area (Å²) in [7, 11) is 0. The van der Waals surface area contributed by atoms with Crippen LogP contribution in [0.5, 0.6) is 0 Å². The molecular weight excluding hydrogens is 146 g/mol. The van der Waals surface area contributed by atoms with Gasteiger partial charge in [-0.3, -0.25) is 4.90 Å². The Hall–Kier alpha value is -0.160. The first kappa shape index (κ1) is 8.93. The average molecular weight is 161 g/mol. The Morgan fingerprint density at radius 2 is 2.09 bits per heavy atom. The molecule has 0 bridgehead atoms. The summed E-state index contributed by atoms with van der Waals surface area (Å²) in [4.78, 5) is 1.90. The lowest BCUT2D eigenvalue weighted by molar-refractivity contribution is -0.0987. The summed E-state index contributed by atoms with van der Waals surface area (Å²) in [6.45, 7) is 3.17. The minimum atomic E-state index is -0.675. The Morgan fingerprint density at radius 1 is 1.55 bits per heavy atom. The highest BCUT2D eigenvalue weighted by molar-refractivity contribution is 4.91. The van der Waals surface area contributed by atoms with E-state index in [1.54, 1.807) is 6.92 Å². The second-order valence-corrected chi connectivity index (χ2v) is 3.50. The molecule has 0 spiro atoms. The van der Waals surface area contributed by atoms with Crippen LogP contribution in [0.3, 0.4) is 0 Å². The third-order valence-electron chi connectivity index (χ3n) is 1.81. The van der Waals surface area contributed by atoms with Crippen molar-refractivity contribution in [2.24, 2.45) is 0 Å². The quantitative estimate of drug-likeness (QED) is 0.467. The van der Waals surface area contributed by atoms with E-state index in [4.69, 9.17) is 10.2 Å². The summed E-state index contributed by atoms with van der Waals surface area (Å²) >= 11 is 0. The van der Waals surface area contributed by atoms with Crippen LogP contribution in [0.4, 0.5) is 0 Å². The van der Waals surface area contributed by atoms with Crippen molar-refractivity contribution in [3.63, 3.8) is 0 Å². The number of nitrogens with zero attached hydrogens (tertiary/aromatic N) is 1. The van der Waals surface area contributed by atoms with Crippen LogP contribution < -0.4 is 0 Å². The van der Waals surface area contributed by atoms with Gasteiger partial charge < -0.3 is 15.3 Å². The highest BCUT2D eigenvalue weighted by Crippen LogP contribution is 2.19. The van der Waals surface area contributed by atoms with Crippen LogP contribution in [0.15, 0.2) is 0 Å². The van der Waals surface area contributed by atoms with E-state index in [1.807, 2.05) is 4.90 Å². The van der Waals surface area contributed by atoms with Crippen LogP contribution in [-0.2, 0) is 0 Å². The van der Waals surface area contributed by atoms with E-state index in [0.29, 0.717) is 19.6 Å². The molecule has 0 amide bonds. The second-order valence-electron chi connectivity index (χ2n) is 3.50. The predicted octanol–water partition coefficient (Wildman–Crippen LogP) is -1.59. The summed E-state index contributed by atoms with van der Waals surface area (Å²) in [5, 5.41) is 26.8. The number of likely N-dealkylation sites (tertiary alicyclic amines) is 1. The van der Waals surface area contributed by atoms with Gasteiger partial charge in [0.25, 0.3) is 0 Å². The minimum absolute atomic E-state index is 0.210. The van der Waals surface area contributed by atoms with Crippen LogP contribution in [0.25, 0.3) is 0 Å². The standard InChI is InChI=1S/C7H15NO3/c1-7(11)4-8(5-7)2-6(10)3-9/h6,9-11H,2-5H2,1H3. The molecule has 0 saturated carbocycles. The van der Waals surface area contributed by atoms with Gasteiger partial charge in [0, 0.05) is 19.6 Å². The zero-order valence-electron chi connectivity index (χ0n) is 6.69. The van der Waals surface area contributed by atoms with E-state index in [0.717, 1.165) is 0 Å². The third kappa shape index (κ3) is 2.41. The number of aliphatic hydroxyl groups is 3. The number of aliphatic hydroxyl groups excluding tert-OH is 2. The molecule has 0 aromatic heterocycles. The summed E-state index contributed by atoms with van der Waals surface area (Å²) < 4.78 is 0. The van der Waals surface area contributed by atoms with E-state index < -0.39 is 11.7 Å². The molecule has 4 nitrogen and oxygen atoms in total. The summed E-state index contributed by atoms with van der Waals surface area (Å²) in [6, 6.07) is 0. The van der Waals surface area contributed by atoms with Gasteiger partial charge in [-0.05, 0) is 6.92 Å². The summed E-state index contributed by atoms with van der Waals surface area (Å²) in [5.74, 6) is 0. The molecule has 1 fully saturated rings. The van der Waals surface area contributed by atoms with Gasteiger partial charge in [0.2, 0.25) is 0 Å². The van der Waals surface area contributed by atoms with Crippen molar-refractivity contribution in [1.29, 1.82) is 0 Å². The molecule has 0 aliphatic carbocycles. The molecule has 66 valence electrons. The average Bonchev–Trinajstić information content (AvgIpc) is 1.83. The van der Waals surface area contributed by atoms with Gasteiger partial charge in [0.15, 0.2) is 0 Å². The smallest absolute Gasteiger partial charge is 0.0897 e. The zero-order chi connectivity index (χ0) is 8.48. The first-order valence-electron chi connectivity index (χ1n) is 3.77. The van der Waals surface area contributed by atoms with Crippen LogP contribution in [0, 0.1) is 0 Å². The Bertz CT molecular complexity index is 130. The molecule has 0 aromatic rings. The van der Waals surface area contributed by atoms with Crippen LogP contribution >= 0.6 is 0 Å². The van der Waals surface area contributed by atoms with Gasteiger partial charge in [-0.2, -0.15) is 0 Å². The topological polar surface area (TPSA) is 63.9 Å². The lowest BCUT2D eigenvalue weighted by Gasteiger charge is -2.44. The lowest BCUT2D eigenvalue weighted by atomic mass is 9.97. The van der Waals surface area contributed by atoms with Crippen LogP contribution in [0.1, 0.15) is 6.92 Å². The van der Waals surface area contributed by atoms with Gasteiger partial charge in [-0.15, -0.1) is 0 Å². The highest BCUT2D eigenvalue weighted by atomic mass is 16.3. The fourth-order valence-corrected chi connectivity index (χ4v) is 1.40. The molecule has 1 atom stereocenters. The van der Waals surface area contributed by atoms with Gasteiger partial charge in [-0.25, -0.2) is 0 Å². The molecule has 1 heterocycles. The normalized spacial score (nSPS) is 26.2. The molecule has 1 rings (SSSR count). The van der Waals surface area contributed by atoms with Crippen molar-refractivity contribution in [1.82, 2.24) is 4.90 Å². The second kappa shape index (κ2) is 3.06. The molecule has 0 radical (unpaired) electrons. The molecule has 0 aromatic carbocycles. The van der Waals surface area contributed by atoms with Crippen molar-refractivity contribution in [2.75, 3.05) is 26.2 Å². The third-order valence-corrected chi connectivity index (χ3v) is 1.81. The van der Waals surface area contributed by atoms with Gasteiger partial charge in [0.05, 0.1) is 18.3 Å². The van der Waals surface area contributed by atoms with Gasteiger partial charge in [-0.1, -0.05) is 0 Å². The highest BCUT2D eigenvalue weighted by Gasteiger charge is 2.36. The number of hydrogen-bond donors (Lipinski definition) is 3. The van der Waals surface area contributed by atoms with E-state index in [1.165, 1.54) is 0 Å². The first-order valence-corrected chi connectivity index (χ1v) is 3.77. The molecule has 4 heteroatoms. The van der Waals surface area contributed by atoms with E-state index in [-0.39, 0.29) is 6.61 Å². The summed E-state index contributed by atoms with van der Waals surface area (Å²) in [6.07, 6.45) is -0.675. The molecule has 3 N–H and O–H groups in total. The Labute approximate surface area is 66.1 Å². The van der Waals surface area contributed by atoms with Crippen LogP contribution in [0.2, 0.25) is 0 Å². The number of β-amino-alcohol motifs (C(OH)–C–C–N with tert-alkyl or cyclic N) is 2. The monoisotopic (exact) mass is 161 g/mol. The number of rotatable bonds is 3. The predicted molar refractivity (Wildman–Crippen MR) is 40.2 cm³/mol. The number of hydrogen-bond acceptors (Lipinski definition) is 4. The maximum Gasteiger partial charge on any atom is 0.0897 e. The molecule has 11 heavy (non-hydrogen) atoms.